The molecule has 0 aromatic heterocycles. The zero-order chi connectivity index (χ0) is 25.9. The Morgan fingerprint density at radius 1 is 1.05 bits per heavy atom. The maximum absolute atomic E-state index is 13.2. The van der Waals surface area contributed by atoms with Crippen LogP contribution < -0.4 is 10.1 Å². The van der Waals surface area contributed by atoms with Crippen molar-refractivity contribution in [2.45, 2.75) is 12.5 Å². The molecule has 2 aliphatic rings. The highest BCUT2D eigenvalue weighted by Gasteiger charge is 2.33. The molecule has 1 atom stereocenters. The SMILES string of the molecule is O=C1NC(=O)/C(=C\c2ccc(OCC(=O)N3N=C(c4ccccc4)CC3c3ccc(Cl)c(Cl)c3)cc2)S1. The van der Waals surface area contributed by atoms with Gasteiger partial charge in [-0.2, -0.15) is 5.10 Å². The van der Waals surface area contributed by atoms with Crippen molar-refractivity contribution in [2.24, 2.45) is 5.10 Å². The van der Waals surface area contributed by atoms with Crippen LogP contribution in [0.25, 0.3) is 6.08 Å². The summed E-state index contributed by atoms with van der Waals surface area (Å²) in [5, 5.41) is 8.74. The smallest absolute Gasteiger partial charge is 0.290 e. The number of nitrogens with one attached hydrogen (secondary N) is 1. The van der Waals surface area contributed by atoms with E-state index in [1.807, 2.05) is 36.4 Å². The third-order valence-corrected chi connectivity index (χ3v) is 7.33. The monoisotopic (exact) mass is 551 g/mol. The van der Waals surface area contributed by atoms with Crippen LogP contribution in [0.4, 0.5) is 4.79 Å². The molecule has 0 saturated carbocycles. The summed E-state index contributed by atoms with van der Waals surface area (Å²) in [5.41, 5.74) is 3.27. The fourth-order valence-corrected chi connectivity index (χ4v) is 4.96. The van der Waals surface area contributed by atoms with Crippen molar-refractivity contribution in [3.63, 3.8) is 0 Å². The first-order valence-electron chi connectivity index (χ1n) is 11.2. The molecule has 1 fully saturated rings. The van der Waals surface area contributed by atoms with Crippen molar-refractivity contribution >= 4 is 63.8 Å². The van der Waals surface area contributed by atoms with Crippen LogP contribution in [-0.2, 0) is 9.59 Å². The lowest BCUT2D eigenvalue weighted by Crippen LogP contribution is -2.31. The maximum Gasteiger partial charge on any atom is 0.290 e. The molecule has 3 amide bonds. The molecule has 37 heavy (non-hydrogen) atoms. The molecule has 5 rings (SSSR count). The third-order valence-electron chi connectivity index (χ3n) is 5.78. The van der Waals surface area contributed by atoms with E-state index in [1.165, 1.54) is 5.01 Å². The minimum absolute atomic E-state index is 0.226. The van der Waals surface area contributed by atoms with Crippen molar-refractivity contribution in [3.05, 3.63) is 104 Å². The number of carbonyl (C=O) groups excluding carboxylic acids is 3. The Labute approximate surface area is 227 Å². The molecule has 3 aromatic rings. The van der Waals surface area contributed by atoms with Crippen LogP contribution in [0, 0.1) is 0 Å². The van der Waals surface area contributed by atoms with Gasteiger partial charge in [0.05, 0.1) is 26.7 Å². The summed E-state index contributed by atoms with van der Waals surface area (Å²) in [7, 11) is 0. The molecule has 1 saturated heterocycles. The lowest BCUT2D eigenvalue weighted by molar-refractivity contribution is -0.135. The number of amides is 3. The van der Waals surface area contributed by atoms with Crippen LogP contribution in [0.3, 0.4) is 0 Å². The molecular weight excluding hydrogens is 533 g/mol. The second-order valence-corrected chi connectivity index (χ2v) is 10.1. The molecule has 0 spiro atoms. The van der Waals surface area contributed by atoms with Gasteiger partial charge in [0.25, 0.3) is 17.1 Å². The van der Waals surface area contributed by atoms with Crippen LogP contribution >= 0.6 is 35.0 Å². The van der Waals surface area contributed by atoms with Gasteiger partial charge in [-0.3, -0.25) is 19.7 Å². The summed E-state index contributed by atoms with van der Waals surface area (Å²) in [6.07, 6.45) is 2.14. The van der Waals surface area contributed by atoms with Gasteiger partial charge in [-0.1, -0.05) is 71.7 Å². The fourth-order valence-electron chi connectivity index (χ4n) is 3.97. The van der Waals surface area contributed by atoms with Gasteiger partial charge in [0.2, 0.25) is 0 Å². The Kier molecular flexibility index (Phi) is 7.32. The number of hydrogen-bond acceptors (Lipinski definition) is 6. The normalized spacial score (nSPS) is 18.2. The summed E-state index contributed by atoms with van der Waals surface area (Å²) in [6, 6.07) is 21.5. The first-order valence-corrected chi connectivity index (χ1v) is 12.8. The van der Waals surface area contributed by atoms with Crippen LogP contribution in [0.5, 0.6) is 5.75 Å². The predicted molar refractivity (Wildman–Crippen MR) is 145 cm³/mol. The molecule has 2 aliphatic heterocycles. The van der Waals surface area contributed by atoms with E-state index in [0.717, 1.165) is 34.2 Å². The van der Waals surface area contributed by atoms with Gasteiger partial charge < -0.3 is 4.74 Å². The van der Waals surface area contributed by atoms with Crippen LogP contribution in [0.2, 0.25) is 10.0 Å². The third kappa shape index (κ3) is 5.72. The van der Waals surface area contributed by atoms with Crippen molar-refractivity contribution in [1.29, 1.82) is 0 Å². The Morgan fingerprint density at radius 2 is 1.81 bits per heavy atom. The molecule has 10 heteroatoms. The number of thioether (sulfide) groups is 1. The Hall–Kier alpha value is -3.59. The number of benzene rings is 3. The van der Waals surface area contributed by atoms with Crippen molar-refractivity contribution in [2.75, 3.05) is 6.61 Å². The zero-order valence-electron chi connectivity index (χ0n) is 19.2. The van der Waals surface area contributed by atoms with E-state index in [1.54, 1.807) is 42.5 Å². The quantitative estimate of drug-likeness (QED) is 0.375. The summed E-state index contributed by atoms with van der Waals surface area (Å²) < 4.78 is 5.74. The molecule has 1 N–H and O–H groups in total. The summed E-state index contributed by atoms with van der Waals surface area (Å²) in [5.74, 6) is -0.253. The van der Waals surface area contributed by atoms with Crippen molar-refractivity contribution in [3.8, 4) is 5.75 Å². The lowest BCUT2D eigenvalue weighted by atomic mass is 9.98. The van der Waals surface area contributed by atoms with E-state index in [-0.39, 0.29) is 18.6 Å². The van der Waals surface area contributed by atoms with Crippen LogP contribution in [-0.4, -0.2) is 34.4 Å². The number of carbonyl (C=O) groups is 3. The standard InChI is InChI=1S/C27H19Cl2N3O4S/c28-20-11-8-18(13-21(20)29)23-14-22(17-4-2-1-3-5-17)31-32(23)25(33)15-36-19-9-6-16(7-10-19)12-24-26(34)30-27(35)37-24/h1-13,23H,14-15H2,(H,30,34,35)/b24-12+. The molecule has 0 radical (unpaired) electrons. The van der Waals surface area contributed by atoms with Gasteiger partial charge in [0, 0.05) is 6.42 Å². The topological polar surface area (TPSA) is 88.1 Å². The fraction of sp³-hybridized carbons (Fsp3) is 0.111. The highest BCUT2D eigenvalue weighted by atomic mass is 35.5. The highest BCUT2D eigenvalue weighted by Crippen LogP contribution is 2.35. The van der Waals surface area contributed by atoms with E-state index in [0.29, 0.717) is 27.1 Å². The van der Waals surface area contributed by atoms with Gasteiger partial charge >= 0.3 is 0 Å². The number of nitrogens with zero attached hydrogens (tertiary/aromatic N) is 2. The predicted octanol–water partition coefficient (Wildman–Crippen LogP) is 6.07. The lowest BCUT2D eigenvalue weighted by Gasteiger charge is -2.22. The van der Waals surface area contributed by atoms with E-state index in [9.17, 15) is 14.4 Å². The van der Waals surface area contributed by atoms with Gasteiger partial charge in [-0.05, 0) is 58.8 Å². The molecule has 3 aromatic carbocycles. The minimum atomic E-state index is -0.418. The molecule has 1 unspecified atom stereocenters. The average Bonchev–Trinajstić information content (AvgIpc) is 3.48. The average molecular weight is 552 g/mol. The van der Waals surface area contributed by atoms with Crippen molar-refractivity contribution < 1.29 is 19.1 Å². The number of hydrazone groups is 1. The molecule has 2 heterocycles. The number of rotatable bonds is 6. The summed E-state index contributed by atoms with van der Waals surface area (Å²) in [6.45, 7) is -0.226. The van der Waals surface area contributed by atoms with Crippen LogP contribution in [0.15, 0.2) is 82.8 Å². The second-order valence-electron chi connectivity index (χ2n) is 8.25. The first kappa shape index (κ1) is 25.1. The van der Waals surface area contributed by atoms with Gasteiger partial charge in [-0.25, -0.2) is 5.01 Å². The second kappa shape index (κ2) is 10.8. The van der Waals surface area contributed by atoms with Gasteiger partial charge in [0.1, 0.15) is 5.75 Å². The van der Waals surface area contributed by atoms with Gasteiger partial charge in [-0.15, -0.1) is 0 Å². The number of hydrogen-bond donors (Lipinski definition) is 1. The summed E-state index contributed by atoms with van der Waals surface area (Å²) in [4.78, 5) is 36.6. The molecule has 7 nitrogen and oxygen atoms in total. The molecule has 186 valence electrons. The molecule has 0 bridgehead atoms. The molecule has 0 aliphatic carbocycles. The largest absolute Gasteiger partial charge is 0.484 e. The molecular formula is C27H19Cl2N3O4S. The van der Waals surface area contributed by atoms with E-state index in [2.05, 4.69) is 10.4 Å². The Morgan fingerprint density at radius 3 is 2.49 bits per heavy atom. The van der Waals surface area contributed by atoms with E-state index in [4.69, 9.17) is 27.9 Å². The number of ether oxygens (including phenoxy) is 1. The van der Waals surface area contributed by atoms with E-state index >= 15 is 0 Å². The minimum Gasteiger partial charge on any atom is -0.484 e. The summed E-state index contributed by atoms with van der Waals surface area (Å²) >= 11 is 13.2. The van der Waals surface area contributed by atoms with Crippen LogP contribution in [0.1, 0.15) is 29.2 Å². The van der Waals surface area contributed by atoms with E-state index < -0.39 is 11.1 Å². The van der Waals surface area contributed by atoms with Crippen molar-refractivity contribution in [1.82, 2.24) is 10.3 Å². The zero-order valence-corrected chi connectivity index (χ0v) is 21.5. The maximum atomic E-state index is 13.2. The number of imide groups is 1. The first-order chi connectivity index (χ1) is 17.9. The number of halogens is 2. The van der Waals surface area contributed by atoms with Gasteiger partial charge in [0.15, 0.2) is 6.61 Å². The highest BCUT2D eigenvalue weighted by molar-refractivity contribution is 8.18. The Bertz CT molecular complexity index is 1440. The Balaban J connectivity index is 1.31.